The number of nitrogens with two attached hydrogens (primary N) is 1. The second-order valence-corrected chi connectivity index (χ2v) is 8.94. The molecule has 28 heavy (non-hydrogen) atoms. The molecule has 1 fully saturated rings. The summed E-state index contributed by atoms with van der Waals surface area (Å²) in [5.74, 6) is 0. The maximum atomic E-state index is 13.1. The van der Waals surface area contributed by atoms with Crippen LogP contribution < -0.4 is 10.6 Å². The second kappa shape index (κ2) is 7.12. The first kappa shape index (κ1) is 19.3. The normalized spacial score (nSPS) is 17.2. The Morgan fingerprint density at radius 3 is 2.68 bits per heavy atom. The molecule has 0 unspecified atom stereocenters. The van der Waals surface area contributed by atoms with Crippen molar-refractivity contribution >= 4 is 38.7 Å². The Kier molecular flexibility index (Phi) is 4.92. The van der Waals surface area contributed by atoms with E-state index in [-0.39, 0.29) is 10.4 Å². The van der Waals surface area contributed by atoms with Crippen LogP contribution in [0.3, 0.4) is 0 Å². The lowest BCUT2D eigenvalue weighted by Crippen LogP contribution is -2.48. The summed E-state index contributed by atoms with van der Waals surface area (Å²) in [5.41, 5.74) is 5.58. The van der Waals surface area contributed by atoms with Crippen molar-refractivity contribution in [3.8, 4) is 0 Å². The maximum absolute atomic E-state index is 13.1. The number of fused-ring (bicyclic) bond motifs is 1. The minimum atomic E-state index is -4.52. The number of pyridine rings is 1. The Morgan fingerprint density at radius 2 is 1.96 bits per heavy atom. The molecular weight excluding hydrogens is 409 g/mol. The average molecular weight is 426 g/mol. The van der Waals surface area contributed by atoms with Crippen molar-refractivity contribution in [3.05, 3.63) is 30.2 Å². The van der Waals surface area contributed by atoms with Crippen LogP contribution in [0.4, 0.5) is 18.3 Å². The highest BCUT2D eigenvalue weighted by Gasteiger charge is 2.35. The van der Waals surface area contributed by atoms with Gasteiger partial charge in [-0.15, -0.1) is 0 Å². The number of alkyl halides is 3. The van der Waals surface area contributed by atoms with Gasteiger partial charge in [-0.1, -0.05) is 23.1 Å². The SMILES string of the molecule is CC1(N)CCN(c2nc3ncc(Sc4cccnc4C(F)(F)F)nc3s2)CC1. The number of halogens is 3. The van der Waals surface area contributed by atoms with Crippen molar-refractivity contribution in [2.45, 2.75) is 41.4 Å². The fourth-order valence-electron chi connectivity index (χ4n) is 2.89. The van der Waals surface area contributed by atoms with E-state index in [1.807, 2.05) is 6.92 Å². The molecule has 11 heteroatoms. The molecule has 2 N–H and O–H groups in total. The maximum Gasteiger partial charge on any atom is 0.434 e. The van der Waals surface area contributed by atoms with Gasteiger partial charge < -0.3 is 10.6 Å². The van der Waals surface area contributed by atoms with Crippen LogP contribution in [-0.4, -0.2) is 38.6 Å². The highest BCUT2D eigenvalue weighted by Crippen LogP contribution is 2.38. The van der Waals surface area contributed by atoms with Gasteiger partial charge >= 0.3 is 6.18 Å². The van der Waals surface area contributed by atoms with E-state index in [1.54, 1.807) is 0 Å². The van der Waals surface area contributed by atoms with E-state index in [0.717, 1.165) is 49.0 Å². The Hall–Kier alpha value is -1.98. The van der Waals surface area contributed by atoms with Gasteiger partial charge in [0, 0.05) is 29.7 Å². The molecule has 4 heterocycles. The number of thiazole rings is 1. The zero-order chi connectivity index (χ0) is 19.9. The quantitative estimate of drug-likeness (QED) is 0.679. The van der Waals surface area contributed by atoms with Crippen molar-refractivity contribution in [1.82, 2.24) is 19.9 Å². The van der Waals surface area contributed by atoms with Gasteiger partial charge in [0.2, 0.25) is 0 Å². The van der Waals surface area contributed by atoms with Gasteiger partial charge in [0.25, 0.3) is 0 Å². The Labute approximate surface area is 167 Å². The van der Waals surface area contributed by atoms with Gasteiger partial charge in [-0.2, -0.15) is 18.2 Å². The van der Waals surface area contributed by atoms with Crippen molar-refractivity contribution in [1.29, 1.82) is 0 Å². The number of rotatable bonds is 3. The van der Waals surface area contributed by atoms with Crippen LogP contribution >= 0.6 is 23.1 Å². The number of nitrogens with zero attached hydrogens (tertiary/aromatic N) is 5. The average Bonchev–Trinajstić information content (AvgIpc) is 3.04. The number of piperidine rings is 1. The number of anilines is 1. The van der Waals surface area contributed by atoms with E-state index >= 15 is 0 Å². The van der Waals surface area contributed by atoms with Crippen LogP contribution in [-0.2, 0) is 6.18 Å². The molecule has 0 aromatic carbocycles. The van der Waals surface area contributed by atoms with E-state index in [2.05, 4.69) is 24.8 Å². The lowest BCUT2D eigenvalue weighted by molar-refractivity contribution is -0.143. The lowest BCUT2D eigenvalue weighted by atomic mass is 9.91. The smallest absolute Gasteiger partial charge is 0.348 e. The topological polar surface area (TPSA) is 80.8 Å². The Morgan fingerprint density at radius 1 is 1.21 bits per heavy atom. The molecule has 3 aromatic heterocycles. The van der Waals surface area contributed by atoms with Crippen LogP contribution in [0, 0.1) is 0 Å². The van der Waals surface area contributed by atoms with E-state index < -0.39 is 11.9 Å². The zero-order valence-electron chi connectivity index (χ0n) is 14.9. The third-order valence-corrected chi connectivity index (χ3v) is 6.47. The molecule has 0 radical (unpaired) electrons. The predicted octanol–water partition coefficient (Wildman–Crippen LogP) is 3.97. The summed E-state index contributed by atoms with van der Waals surface area (Å²) >= 11 is 2.28. The van der Waals surface area contributed by atoms with Crippen LogP contribution in [0.1, 0.15) is 25.5 Å². The molecular formula is C17H17F3N6S2. The fourth-order valence-corrected chi connectivity index (χ4v) is 4.77. The first-order chi connectivity index (χ1) is 13.2. The van der Waals surface area contributed by atoms with E-state index in [1.165, 1.54) is 29.7 Å². The second-order valence-electron chi connectivity index (χ2n) is 6.92. The molecule has 148 valence electrons. The van der Waals surface area contributed by atoms with Crippen molar-refractivity contribution < 1.29 is 13.2 Å². The summed E-state index contributed by atoms with van der Waals surface area (Å²) in [5, 5.41) is 1.18. The fraction of sp³-hybridized carbons (Fsp3) is 0.412. The molecule has 1 aliphatic heterocycles. The Bertz CT molecular complexity index is 994. The van der Waals surface area contributed by atoms with Crippen LogP contribution in [0.25, 0.3) is 10.5 Å². The van der Waals surface area contributed by atoms with Gasteiger partial charge in [0.05, 0.1) is 6.20 Å². The third-order valence-electron chi connectivity index (χ3n) is 4.52. The molecule has 0 atom stereocenters. The van der Waals surface area contributed by atoms with Crippen LogP contribution in [0.5, 0.6) is 0 Å². The highest BCUT2D eigenvalue weighted by molar-refractivity contribution is 7.99. The summed E-state index contributed by atoms with van der Waals surface area (Å²) in [6.45, 7) is 3.65. The van der Waals surface area contributed by atoms with Gasteiger partial charge in [-0.25, -0.2) is 9.97 Å². The van der Waals surface area contributed by atoms with E-state index in [0.29, 0.717) is 15.5 Å². The molecule has 0 saturated carbocycles. The van der Waals surface area contributed by atoms with Crippen molar-refractivity contribution in [2.24, 2.45) is 5.73 Å². The van der Waals surface area contributed by atoms with E-state index in [4.69, 9.17) is 5.73 Å². The molecule has 3 aromatic rings. The molecule has 1 saturated heterocycles. The molecule has 6 nitrogen and oxygen atoms in total. The number of hydrogen-bond acceptors (Lipinski definition) is 8. The molecule has 4 rings (SSSR count). The lowest BCUT2D eigenvalue weighted by Gasteiger charge is -2.36. The minimum Gasteiger partial charge on any atom is -0.348 e. The first-order valence-corrected chi connectivity index (χ1v) is 10.2. The predicted molar refractivity (Wildman–Crippen MR) is 103 cm³/mol. The highest BCUT2D eigenvalue weighted by atomic mass is 32.2. The number of hydrogen-bond donors (Lipinski definition) is 1. The summed E-state index contributed by atoms with van der Waals surface area (Å²) in [4.78, 5) is 19.4. The standard InChI is InChI=1S/C17H17F3N6S2/c1-16(21)4-7-26(8-5-16)15-25-13-14(28-15)24-11(9-23-13)27-10-3-2-6-22-12(10)17(18,19)20/h2-3,6,9H,4-5,7-8,21H2,1H3. The molecule has 0 spiro atoms. The van der Waals surface area contributed by atoms with Gasteiger partial charge in [0.1, 0.15) is 5.03 Å². The van der Waals surface area contributed by atoms with Crippen molar-refractivity contribution in [3.63, 3.8) is 0 Å². The number of aromatic nitrogens is 4. The summed E-state index contributed by atoms with van der Waals surface area (Å²) in [7, 11) is 0. The molecule has 0 amide bonds. The molecule has 1 aliphatic rings. The zero-order valence-corrected chi connectivity index (χ0v) is 16.5. The minimum absolute atomic E-state index is 0.00773. The largest absolute Gasteiger partial charge is 0.434 e. The monoisotopic (exact) mass is 426 g/mol. The Balaban J connectivity index is 1.58. The summed E-state index contributed by atoms with van der Waals surface area (Å²) < 4.78 is 39.4. The van der Waals surface area contributed by atoms with Gasteiger partial charge in [-0.3, -0.25) is 4.98 Å². The molecule has 0 aliphatic carbocycles. The third kappa shape index (κ3) is 4.06. The van der Waals surface area contributed by atoms with E-state index in [9.17, 15) is 13.2 Å². The van der Waals surface area contributed by atoms with Gasteiger partial charge in [-0.05, 0) is 31.9 Å². The summed E-state index contributed by atoms with van der Waals surface area (Å²) in [6, 6.07) is 2.85. The first-order valence-electron chi connectivity index (χ1n) is 8.59. The van der Waals surface area contributed by atoms with Gasteiger partial charge in [0.15, 0.2) is 21.3 Å². The van der Waals surface area contributed by atoms with Crippen LogP contribution in [0.15, 0.2) is 34.4 Å². The molecule has 0 bridgehead atoms. The van der Waals surface area contributed by atoms with Crippen molar-refractivity contribution in [2.75, 3.05) is 18.0 Å². The summed E-state index contributed by atoms with van der Waals surface area (Å²) in [6.07, 6.45) is -0.221. The van der Waals surface area contributed by atoms with Crippen LogP contribution in [0.2, 0.25) is 0 Å².